The van der Waals surface area contributed by atoms with E-state index in [1.54, 1.807) is 29.2 Å². The first-order valence-electron chi connectivity index (χ1n) is 12.6. The Hall–Kier alpha value is -5.34. The van der Waals surface area contributed by atoms with Gasteiger partial charge in [0, 0.05) is 36.3 Å². The largest absolute Gasteiger partial charge is 0.350 e. The van der Waals surface area contributed by atoms with Crippen molar-refractivity contribution >= 4 is 28.6 Å². The standard InChI is InChI=1S/C31H25N7O/c1-21-8-9-23(30(39)36-25-6-3-5-24(16-25)31(20-32)12-13-31)15-22(21)10-11-27-18-33-29-28(7-4-14-38(27)29)35-26-17-34-37(2)19-26/h3-9,14-19,35H,12-13H2,1-2H3,(H,36,39). The van der Waals surface area contributed by atoms with Crippen LogP contribution in [0.2, 0.25) is 0 Å². The number of hydrogen-bond donors (Lipinski definition) is 2. The monoisotopic (exact) mass is 511 g/mol. The number of carbonyl (C=O) groups is 1. The molecule has 1 fully saturated rings. The maximum atomic E-state index is 13.1. The molecular weight excluding hydrogens is 486 g/mol. The molecular formula is C31H25N7O. The Kier molecular flexibility index (Phi) is 5.86. The van der Waals surface area contributed by atoms with Crippen LogP contribution in [0.25, 0.3) is 5.65 Å². The van der Waals surface area contributed by atoms with Crippen molar-refractivity contribution in [1.82, 2.24) is 19.2 Å². The van der Waals surface area contributed by atoms with E-state index in [1.807, 2.05) is 73.2 Å². The van der Waals surface area contributed by atoms with Gasteiger partial charge in [-0.15, -0.1) is 0 Å². The molecule has 8 heteroatoms. The van der Waals surface area contributed by atoms with Crippen molar-refractivity contribution < 1.29 is 4.79 Å². The van der Waals surface area contributed by atoms with Gasteiger partial charge in [-0.25, -0.2) is 4.98 Å². The molecule has 0 bridgehead atoms. The summed E-state index contributed by atoms with van der Waals surface area (Å²) in [5.41, 5.74) is 6.67. The van der Waals surface area contributed by atoms with Crippen molar-refractivity contribution in [2.45, 2.75) is 25.2 Å². The summed E-state index contributed by atoms with van der Waals surface area (Å²) in [7, 11) is 1.87. The molecule has 0 atom stereocenters. The lowest BCUT2D eigenvalue weighted by atomic mass is 9.97. The molecule has 0 saturated heterocycles. The molecule has 5 aromatic rings. The first-order valence-corrected chi connectivity index (χ1v) is 12.6. The third kappa shape index (κ3) is 4.72. The van der Waals surface area contributed by atoms with E-state index >= 15 is 0 Å². The van der Waals surface area contributed by atoms with Gasteiger partial charge in [0.1, 0.15) is 5.69 Å². The van der Waals surface area contributed by atoms with Gasteiger partial charge in [-0.05, 0) is 73.2 Å². The Labute approximate surface area is 225 Å². The van der Waals surface area contributed by atoms with Crippen LogP contribution in [0, 0.1) is 30.1 Å². The number of carbonyl (C=O) groups excluding carboxylic acids is 1. The summed E-state index contributed by atoms with van der Waals surface area (Å²) < 4.78 is 3.66. The van der Waals surface area contributed by atoms with E-state index in [0.29, 0.717) is 11.3 Å². The Bertz CT molecular complexity index is 1840. The highest BCUT2D eigenvalue weighted by Gasteiger charge is 2.44. The van der Waals surface area contributed by atoms with E-state index in [-0.39, 0.29) is 5.91 Å². The van der Waals surface area contributed by atoms with Crippen LogP contribution in [0.5, 0.6) is 0 Å². The molecule has 8 nitrogen and oxygen atoms in total. The van der Waals surface area contributed by atoms with E-state index in [0.717, 1.165) is 52.2 Å². The lowest BCUT2D eigenvalue weighted by Crippen LogP contribution is -2.13. The van der Waals surface area contributed by atoms with Crippen molar-refractivity contribution in [2.24, 2.45) is 7.05 Å². The number of nitrogens with zero attached hydrogens (tertiary/aromatic N) is 5. The lowest BCUT2D eigenvalue weighted by Gasteiger charge is -2.10. The predicted molar refractivity (Wildman–Crippen MR) is 150 cm³/mol. The molecule has 3 heterocycles. The van der Waals surface area contributed by atoms with E-state index in [1.165, 1.54) is 0 Å². The SMILES string of the molecule is Cc1ccc(C(=O)Nc2cccc(C3(C#N)CC3)c2)cc1C#Cc1cnc2c(Nc3cnn(C)c3)cccn12. The minimum absolute atomic E-state index is 0.224. The summed E-state index contributed by atoms with van der Waals surface area (Å²) in [4.78, 5) is 17.6. The highest BCUT2D eigenvalue weighted by atomic mass is 16.1. The first kappa shape index (κ1) is 24.0. The second-order valence-corrected chi connectivity index (χ2v) is 9.80. The molecule has 0 radical (unpaired) electrons. The van der Waals surface area contributed by atoms with Crippen LogP contribution in [0.3, 0.4) is 0 Å². The zero-order chi connectivity index (χ0) is 27.0. The molecule has 2 N–H and O–H groups in total. The van der Waals surface area contributed by atoms with Gasteiger partial charge in [0.15, 0.2) is 5.65 Å². The Morgan fingerprint density at radius 1 is 1.05 bits per heavy atom. The number of rotatable bonds is 5. The normalized spacial score (nSPS) is 13.3. The van der Waals surface area contributed by atoms with Crippen LogP contribution in [0.1, 0.15) is 45.6 Å². The molecule has 0 spiro atoms. The van der Waals surface area contributed by atoms with E-state index in [9.17, 15) is 10.1 Å². The second kappa shape index (κ2) is 9.51. The van der Waals surface area contributed by atoms with Crippen molar-refractivity contribution in [3.63, 3.8) is 0 Å². The Balaban J connectivity index is 1.24. The zero-order valence-electron chi connectivity index (χ0n) is 21.6. The average Bonchev–Trinajstić information content (AvgIpc) is 3.48. The lowest BCUT2D eigenvalue weighted by molar-refractivity contribution is 0.102. The van der Waals surface area contributed by atoms with E-state index in [4.69, 9.17) is 0 Å². The number of pyridine rings is 1. The number of benzene rings is 2. The molecule has 1 saturated carbocycles. The van der Waals surface area contributed by atoms with Gasteiger partial charge >= 0.3 is 0 Å². The van der Waals surface area contributed by atoms with Crippen LogP contribution >= 0.6 is 0 Å². The third-order valence-corrected chi connectivity index (χ3v) is 6.98. The fourth-order valence-corrected chi connectivity index (χ4v) is 4.56. The number of nitriles is 1. The van der Waals surface area contributed by atoms with Crippen LogP contribution in [-0.2, 0) is 12.5 Å². The number of amides is 1. The fourth-order valence-electron chi connectivity index (χ4n) is 4.56. The smallest absolute Gasteiger partial charge is 0.255 e. The maximum Gasteiger partial charge on any atom is 0.255 e. The van der Waals surface area contributed by atoms with Crippen molar-refractivity contribution in [3.05, 3.63) is 107 Å². The van der Waals surface area contributed by atoms with Crippen LogP contribution < -0.4 is 10.6 Å². The van der Waals surface area contributed by atoms with Gasteiger partial charge in [-0.2, -0.15) is 10.4 Å². The molecule has 1 aliphatic carbocycles. The highest BCUT2D eigenvalue weighted by molar-refractivity contribution is 6.04. The van der Waals surface area contributed by atoms with Crippen LogP contribution in [0.15, 0.2) is 79.4 Å². The summed E-state index contributed by atoms with van der Waals surface area (Å²) in [6.07, 6.45) is 9.02. The molecule has 39 heavy (non-hydrogen) atoms. The van der Waals surface area contributed by atoms with Gasteiger partial charge in [0.2, 0.25) is 0 Å². The summed E-state index contributed by atoms with van der Waals surface area (Å²) in [5.74, 6) is 6.22. The molecule has 1 amide bonds. The van der Waals surface area contributed by atoms with Crippen molar-refractivity contribution in [3.8, 4) is 17.9 Å². The fraction of sp³-hybridized carbons (Fsp3) is 0.161. The third-order valence-electron chi connectivity index (χ3n) is 6.98. The number of hydrogen-bond acceptors (Lipinski definition) is 5. The predicted octanol–water partition coefficient (Wildman–Crippen LogP) is 5.33. The van der Waals surface area contributed by atoms with Crippen LogP contribution in [-0.4, -0.2) is 25.1 Å². The number of nitrogens with one attached hydrogen (secondary N) is 2. The topological polar surface area (TPSA) is 100 Å². The Morgan fingerprint density at radius 3 is 2.69 bits per heavy atom. The van der Waals surface area contributed by atoms with E-state index < -0.39 is 5.41 Å². The number of aromatic nitrogens is 4. The molecule has 1 aliphatic rings. The molecule has 6 rings (SSSR count). The molecule has 190 valence electrons. The number of fused-ring (bicyclic) bond motifs is 1. The molecule has 3 aromatic heterocycles. The van der Waals surface area contributed by atoms with Gasteiger partial charge in [0.25, 0.3) is 5.91 Å². The maximum absolute atomic E-state index is 13.1. The first-order chi connectivity index (χ1) is 18.9. The summed E-state index contributed by atoms with van der Waals surface area (Å²) in [5, 5.41) is 20.0. The van der Waals surface area contributed by atoms with Gasteiger partial charge < -0.3 is 10.6 Å². The van der Waals surface area contributed by atoms with Gasteiger partial charge in [0.05, 0.1) is 35.3 Å². The molecule has 2 aromatic carbocycles. The van der Waals surface area contributed by atoms with Gasteiger partial charge in [-0.1, -0.05) is 24.1 Å². The van der Waals surface area contributed by atoms with Crippen molar-refractivity contribution in [2.75, 3.05) is 10.6 Å². The molecule has 0 aliphatic heterocycles. The highest BCUT2D eigenvalue weighted by Crippen LogP contribution is 2.47. The van der Waals surface area contributed by atoms with E-state index in [2.05, 4.69) is 38.6 Å². The number of anilines is 3. The second-order valence-electron chi connectivity index (χ2n) is 9.80. The summed E-state index contributed by atoms with van der Waals surface area (Å²) in [6, 6.07) is 19.4. The quantitative estimate of drug-likeness (QED) is 0.311. The van der Waals surface area contributed by atoms with Gasteiger partial charge in [-0.3, -0.25) is 13.9 Å². The molecule has 0 unspecified atom stereocenters. The van der Waals surface area contributed by atoms with Crippen molar-refractivity contribution in [1.29, 1.82) is 5.26 Å². The summed E-state index contributed by atoms with van der Waals surface area (Å²) >= 11 is 0. The zero-order valence-corrected chi connectivity index (χ0v) is 21.6. The average molecular weight is 512 g/mol. The Morgan fingerprint density at radius 2 is 1.92 bits per heavy atom. The minimum atomic E-state index is -0.402. The summed E-state index contributed by atoms with van der Waals surface area (Å²) in [6.45, 7) is 1.97. The number of imidazole rings is 1. The minimum Gasteiger partial charge on any atom is -0.350 e. The van der Waals surface area contributed by atoms with Crippen LogP contribution in [0.4, 0.5) is 17.1 Å². The number of aryl methyl sites for hydroxylation is 2.